The van der Waals surface area contributed by atoms with E-state index in [2.05, 4.69) is 5.32 Å². The van der Waals surface area contributed by atoms with Crippen molar-refractivity contribution in [2.24, 2.45) is 0 Å². The van der Waals surface area contributed by atoms with Crippen LogP contribution in [0.4, 0.5) is 18.9 Å². The summed E-state index contributed by atoms with van der Waals surface area (Å²) in [4.78, 5) is 11.1. The molecule has 1 aromatic carbocycles. The molecule has 0 saturated carbocycles. The van der Waals surface area contributed by atoms with Crippen molar-refractivity contribution in [3.8, 4) is 0 Å². The molecule has 1 aromatic rings. The lowest BCUT2D eigenvalue weighted by Crippen LogP contribution is -2.12. The van der Waals surface area contributed by atoms with Gasteiger partial charge in [0.15, 0.2) is 0 Å². The average Bonchev–Trinajstić information content (AvgIpc) is 2.19. The Balaban J connectivity index is 3.20. The van der Waals surface area contributed by atoms with Crippen molar-refractivity contribution in [3.05, 3.63) is 27.7 Å². The molecule has 94 valence electrons. The summed E-state index contributed by atoms with van der Waals surface area (Å²) in [6.07, 6.45) is -4.45. The summed E-state index contributed by atoms with van der Waals surface area (Å²) in [6.45, 7) is 1.57. The fourth-order valence-corrected chi connectivity index (χ4v) is 1.64. The third-order valence-corrected chi connectivity index (χ3v) is 2.58. The third kappa shape index (κ3) is 3.51. The number of alkyl halides is 3. The lowest BCUT2D eigenvalue weighted by molar-refractivity contribution is -0.137. The van der Waals surface area contributed by atoms with E-state index in [9.17, 15) is 18.0 Å². The summed E-state index contributed by atoms with van der Waals surface area (Å²) in [5.74, 6) is -0.428. The van der Waals surface area contributed by atoms with Gasteiger partial charge in [0.25, 0.3) is 0 Å². The van der Waals surface area contributed by atoms with Crippen LogP contribution in [0.3, 0.4) is 0 Å². The predicted octanol–water partition coefficient (Wildman–Crippen LogP) is 4.36. The van der Waals surface area contributed by atoms with Crippen LogP contribution in [0.1, 0.15) is 18.9 Å². The first-order chi connectivity index (χ1) is 7.75. The normalized spacial score (nSPS) is 11.4. The van der Waals surface area contributed by atoms with Gasteiger partial charge >= 0.3 is 6.18 Å². The van der Waals surface area contributed by atoms with Gasteiger partial charge in [-0.05, 0) is 12.1 Å². The third-order valence-electron chi connectivity index (χ3n) is 1.96. The Morgan fingerprint density at radius 2 is 1.88 bits per heavy atom. The van der Waals surface area contributed by atoms with Gasteiger partial charge in [-0.1, -0.05) is 30.1 Å². The van der Waals surface area contributed by atoms with Crippen LogP contribution in [0.5, 0.6) is 0 Å². The summed E-state index contributed by atoms with van der Waals surface area (Å²) >= 11 is 11.1. The van der Waals surface area contributed by atoms with E-state index in [1.165, 1.54) is 0 Å². The highest BCUT2D eigenvalue weighted by Crippen LogP contribution is 2.39. The second kappa shape index (κ2) is 5.14. The number of amides is 1. The molecule has 1 amide bonds. The zero-order valence-corrected chi connectivity index (χ0v) is 10.2. The van der Waals surface area contributed by atoms with E-state index >= 15 is 0 Å². The summed E-state index contributed by atoms with van der Waals surface area (Å²) < 4.78 is 37.6. The SMILES string of the molecule is CCC(=O)Nc1cc(C(F)(F)F)c(Cl)cc1Cl. The minimum atomic E-state index is -4.59. The highest BCUT2D eigenvalue weighted by atomic mass is 35.5. The monoisotopic (exact) mass is 285 g/mol. The lowest BCUT2D eigenvalue weighted by atomic mass is 10.2. The standard InChI is InChI=1S/C10H8Cl2F3NO/c1-2-9(17)16-8-3-5(10(13,14)15)6(11)4-7(8)12/h3-4H,2H2,1H3,(H,16,17). The second-order valence-electron chi connectivity index (χ2n) is 3.21. The van der Waals surface area contributed by atoms with Crippen LogP contribution in [0.25, 0.3) is 0 Å². The molecular formula is C10H8Cl2F3NO. The highest BCUT2D eigenvalue weighted by molar-refractivity contribution is 6.37. The van der Waals surface area contributed by atoms with Gasteiger partial charge in [-0.25, -0.2) is 0 Å². The quantitative estimate of drug-likeness (QED) is 0.859. The van der Waals surface area contributed by atoms with Crippen molar-refractivity contribution in [3.63, 3.8) is 0 Å². The predicted molar refractivity (Wildman–Crippen MR) is 60.4 cm³/mol. The maximum Gasteiger partial charge on any atom is 0.417 e. The van der Waals surface area contributed by atoms with Gasteiger partial charge in [0, 0.05) is 6.42 Å². The Kier molecular flexibility index (Phi) is 4.27. The number of carbonyl (C=O) groups is 1. The fraction of sp³-hybridized carbons (Fsp3) is 0.300. The number of rotatable bonds is 2. The Morgan fingerprint density at radius 1 is 1.29 bits per heavy atom. The molecule has 1 rings (SSSR count). The van der Waals surface area contributed by atoms with Crippen molar-refractivity contribution < 1.29 is 18.0 Å². The van der Waals surface area contributed by atoms with Gasteiger partial charge in [0.1, 0.15) is 0 Å². The first kappa shape index (κ1) is 14.1. The van der Waals surface area contributed by atoms with E-state index in [0.717, 1.165) is 12.1 Å². The van der Waals surface area contributed by atoms with Gasteiger partial charge in [0.05, 0.1) is 21.3 Å². The van der Waals surface area contributed by atoms with Crippen molar-refractivity contribution in [2.75, 3.05) is 5.32 Å². The van der Waals surface area contributed by atoms with Crippen LogP contribution >= 0.6 is 23.2 Å². The summed E-state index contributed by atoms with van der Waals surface area (Å²) in [5, 5.41) is 1.73. The van der Waals surface area contributed by atoms with Crippen molar-refractivity contribution in [1.29, 1.82) is 0 Å². The lowest BCUT2D eigenvalue weighted by Gasteiger charge is -2.13. The zero-order chi connectivity index (χ0) is 13.2. The largest absolute Gasteiger partial charge is 0.417 e. The molecule has 17 heavy (non-hydrogen) atoms. The fourth-order valence-electron chi connectivity index (χ4n) is 1.10. The van der Waals surface area contributed by atoms with Gasteiger partial charge < -0.3 is 5.32 Å². The van der Waals surface area contributed by atoms with E-state index in [1.54, 1.807) is 6.92 Å². The zero-order valence-electron chi connectivity index (χ0n) is 8.66. The minimum absolute atomic E-state index is 0.0372. The smallest absolute Gasteiger partial charge is 0.325 e. The van der Waals surface area contributed by atoms with Crippen LogP contribution in [-0.4, -0.2) is 5.91 Å². The number of nitrogens with one attached hydrogen (secondary N) is 1. The molecule has 0 heterocycles. The van der Waals surface area contributed by atoms with E-state index in [-0.39, 0.29) is 17.1 Å². The second-order valence-corrected chi connectivity index (χ2v) is 4.03. The van der Waals surface area contributed by atoms with E-state index < -0.39 is 22.7 Å². The molecule has 0 radical (unpaired) electrons. The summed E-state index contributed by atoms with van der Waals surface area (Å²) in [6, 6.07) is 1.68. The Bertz CT molecular complexity index is 446. The summed E-state index contributed by atoms with van der Waals surface area (Å²) in [5.41, 5.74) is -1.13. The number of anilines is 1. The molecule has 0 spiro atoms. The molecule has 2 nitrogen and oxygen atoms in total. The topological polar surface area (TPSA) is 29.1 Å². The number of benzene rings is 1. The Morgan fingerprint density at radius 3 is 2.35 bits per heavy atom. The molecule has 0 aliphatic heterocycles. The molecule has 0 aromatic heterocycles. The molecule has 0 aliphatic rings. The van der Waals surface area contributed by atoms with Crippen molar-refractivity contribution >= 4 is 34.8 Å². The summed E-state index contributed by atoms with van der Waals surface area (Å²) in [7, 11) is 0. The van der Waals surface area contributed by atoms with Crippen molar-refractivity contribution in [2.45, 2.75) is 19.5 Å². The van der Waals surface area contributed by atoms with Crippen LogP contribution in [-0.2, 0) is 11.0 Å². The first-order valence-electron chi connectivity index (χ1n) is 4.61. The van der Waals surface area contributed by atoms with Crippen LogP contribution < -0.4 is 5.32 Å². The molecule has 0 saturated heterocycles. The Labute approximate surface area is 106 Å². The van der Waals surface area contributed by atoms with Crippen LogP contribution in [0.15, 0.2) is 12.1 Å². The molecule has 1 N–H and O–H groups in total. The van der Waals surface area contributed by atoms with Crippen molar-refractivity contribution in [1.82, 2.24) is 0 Å². The average molecular weight is 286 g/mol. The van der Waals surface area contributed by atoms with E-state index in [4.69, 9.17) is 23.2 Å². The number of hydrogen-bond donors (Lipinski definition) is 1. The van der Waals surface area contributed by atoms with Gasteiger partial charge in [-0.15, -0.1) is 0 Å². The molecule has 0 atom stereocenters. The van der Waals surface area contributed by atoms with Gasteiger partial charge in [-0.3, -0.25) is 4.79 Å². The maximum atomic E-state index is 12.5. The first-order valence-corrected chi connectivity index (χ1v) is 5.37. The molecule has 0 unspecified atom stereocenters. The molecule has 0 fully saturated rings. The van der Waals surface area contributed by atoms with Crippen LogP contribution in [0, 0.1) is 0 Å². The maximum absolute atomic E-state index is 12.5. The molecule has 0 bridgehead atoms. The van der Waals surface area contributed by atoms with Crippen LogP contribution in [0.2, 0.25) is 10.0 Å². The van der Waals surface area contributed by atoms with Gasteiger partial charge in [0.2, 0.25) is 5.91 Å². The van der Waals surface area contributed by atoms with E-state index in [0.29, 0.717) is 0 Å². The highest BCUT2D eigenvalue weighted by Gasteiger charge is 2.34. The number of hydrogen-bond acceptors (Lipinski definition) is 1. The number of halogens is 5. The molecular weight excluding hydrogens is 278 g/mol. The Hall–Kier alpha value is -0.940. The minimum Gasteiger partial charge on any atom is -0.325 e. The molecule has 7 heteroatoms. The van der Waals surface area contributed by atoms with E-state index in [1.807, 2.05) is 0 Å². The van der Waals surface area contributed by atoms with Gasteiger partial charge in [-0.2, -0.15) is 13.2 Å². The number of carbonyl (C=O) groups excluding carboxylic acids is 1. The molecule has 0 aliphatic carbocycles.